The Kier molecular flexibility index (Phi) is 8.21. The van der Waals surface area contributed by atoms with Crippen LogP contribution >= 0.6 is 0 Å². The summed E-state index contributed by atoms with van der Waals surface area (Å²) in [6, 6.07) is 4.03. The fraction of sp³-hybridized carbons (Fsp3) is 0.550. The minimum absolute atomic E-state index is 0.0292. The fourth-order valence-corrected chi connectivity index (χ4v) is 4.04. The molecule has 1 aliphatic carbocycles. The molecule has 0 aromatic heterocycles. The predicted molar refractivity (Wildman–Crippen MR) is 119 cm³/mol. The van der Waals surface area contributed by atoms with Crippen molar-refractivity contribution in [3.8, 4) is 0 Å². The van der Waals surface area contributed by atoms with Crippen LogP contribution in [0.2, 0.25) is 0 Å². The molecule has 1 aromatic rings. The highest BCUT2D eigenvalue weighted by Crippen LogP contribution is 2.17. The molecule has 1 aromatic carbocycles. The van der Waals surface area contributed by atoms with E-state index in [9.17, 15) is 19.4 Å². The zero-order valence-electron chi connectivity index (χ0n) is 17.9. The van der Waals surface area contributed by atoms with Crippen molar-refractivity contribution in [2.24, 2.45) is 17.2 Å². The minimum atomic E-state index is -1.01. The summed E-state index contributed by atoms with van der Waals surface area (Å²) in [6.07, 6.45) is 2.33. The molecule has 3 atom stereocenters. The SMILES string of the molecule is NC1CC(N)CC(NC(=O)CCC(N)C(=O)NCC(=O)Nc2ccc3c(c2)B(O)OC3)C1. The molecule has 1 fully saturated rings. The Morgan fingerprint density at radius 1 is 1.16 bits per heavy atom. The number of fused-ring (bicyclic) bond motifs is 1. The van der Waals surface area contributed by atoms with Crippen LogP contribution in [0.1, 0.15) is 37.7 Å². The molecular weight excluding hydrogens is 415 g/mol. The van der Waals surface area contributed by atoms with Crippen molar-refractivity contribution < 1.29 is 24.1 Å². The molecule has 0 spiro atoms. The van der Waals surface area contributed by atoms with Crippen LogP contribution in [0.15, 0.2) is 18.2 Å². The summed E-state index contributed by atoms with van der Waals surface area (Å²) in [7, 11) is -1.01. The number of anilines is 1. The molecule has 12 heteroatoms. The summed E-state index contributed by atoms with van der Waals surface area (Å²) in [5.41, 5.74) is 19.7. The number of hydrogen-bond acceptors (Lipinski definition) is 8. The first kappa shape index (κ1) is 24.1. The van der Waals surface area contributed by atoms with Gasteiger partial charge in [-0.05, 0) is 48.8 Å². The zero-order valence-corrected chi connectivity index (χ0v) is 17.9. The van der Waals surface area contributed by atoms with Gasteiger partial charge in [0.05, 0.1) is 19.2 Å². The van der Waals surface area contributed by atoms with Gasteiger partial charge in [0.25, 0.3) is 0 Å². The first-order chi connectivity index (χ1) is 15.2. The van der Waals surface area contributed by atoms with E-state index in [2.05, 4.69) is 16.0 Å². The lowest BCUT2D eigenvalue weighted by Crippen LogP contribution is -2.49. The number of rotatable bonds is 8. The number of benzene rings is 1. The number of amides is 3. The van der Waals surface area contributed by atoms with Gasteiger partial charge in [-0.2, -0.15) is 0 Å². The van der Waals surface area contributed by atoms with E-state index < -0.39 is 25.0 Å². The highest BCUT2D eigenvalue weighted by molar-refractivity contribution is 6.61. The lowest BCUT2D eigenvalue weighted by atomic mass is 9.79. The standard InChI is InChI=1S/C20H31BN6O5/c22-12-5-13(23)7-15(6-12)27-18(28)4-3-17(24)20(30)25-9-19(29)26-14-2-1-11-10-32-21(31)16(11)8-14/h1-2,8,12-13,15,17,31H,3-7,9-10,22-24H2,(H,25,30)(H,26,29)(H,27,28). The second-order valence-electron chi connectivity index (χ2n) is 8.48. The van der Waals surface area contributed by atoms with Crippen LogP contribution in [0.5, 0.6) is 0 Å². The van der Waals surface area contributed by atoms with Crippen LogP contribution in [0, 0.1) is 0 Å². The van der Waals surface area contributed by atoms with E-state index in [1.165, 1.54) is 0 Å². The molecule has 32 heavy (non-hydrogen) atoms. The van der Waals surface area contributed by atoms with Gasteiger partial charge in [-0.1, -0.05) is 6.07 Å². The topological polar surface area (TPSA) is 195 Å². The van der Waals surface area contributed by atoms with E-state index in [0.29, 0.717) is 30.6 Å². The number of nitrogens with one attached hydrogen (secondary N) is 3. The number of carbonyl (C=O) groups excluding carboxylic acids is 3. The number of carbonyl (C=O) groups is 3. The zero-order chi connectivity index (χ0) is 23.3. The van der Waals surface area contributed by atoms with Gasteiger partial charge in [-0.25, -0.2) is 0 Å². The smallest absolute Gasteiger partial charge is 0.423 e. The van der Waals surface area contributed by atoms with E-state index in [0.717, 1.165) is 12.0 Å². The average molecular weight is 446 g/mol. The molecular formula is C20H31BN6O5. The Morgan fingerprint density at radius 2 is 1.88 bits per heavy atom. The Balaban J connectivity index is 1.36. The lowest BCUT2D eigenvalue weighted by Gasteiger charge is -2.31. The Morgan fingerprint density at radius 3 is 2.59 bits per heavy atom. The van der Waals surface area contributed by atoms with E-state index in [1.807, 2.05) is 0 Å². The molecule has 3 unspecified atom stereocenters. The van der Waals surface area contributed by atoms with Crippen LogP contribution in [0.4, 0.5) is 5.69 Å². The summed E-state index contributed by atoms with van der Waals surface area (Å²) in [5.74, 6) is -1.17. The Hall–Kier alpha value is -2.51. The van der Waals surface area contributed by atoms with E-state index in [4.69, 9.17) is 21.9 Å². The first-order valence-corrected chi connectivity index (χ1v) is 10.8. The summed E-state index contributed by atoms with van der Waals surface area (Å²) in [6.45, 7) is 0.0468. The van der Waals surface area contributed by atoms with Gasteiger partial charge in [0.15, 0.2) is 0 Å². The molecule has 0 saturated heterocycles. The fourth-order valence-electron chi connectivity index (χ4n) is 4.04. The third-order valence-corrected chi connectivity index (χ3v) is 5.68. The average Bonchev–Trinajstić information content (AvgIpc) is 3.09. The molecule has 1 aliphatic heterocycles. The Labute approximate surface area is 186 Å². The van der Waals surface area contributed by atoms with E-state index >= 15 is 0 Å². The molecule has 11 nitrogen and oxygen atoms in total. The maximum absolute atomic E-state index is 12.2. The highest BCUT2D eigenvalue weighted by Gasteiger charge is 2.28. The highest BCUT2D eigenvalue weighted by atomic mass is 16.5. The summed E-state index contributed by atoms with van der Waals surface area (Å²) in [5, 5.41) is 17.7. The van der Waals surface area contributed by atoms with Crippen LogP contribution in [-0.2, 0) is 25.6 Å². The van der Waals surface area contributed by atoms with Crippen LogP contribution in [0.25, 0.3) is 0 Å². The molecule has 1 heterocycles. The molecule has 10 N–H and O–H groups in total. The lowest BCUT2D eigenvalue weighted by molar-refractivity contribution is -0.126. The first-order valence-electron chi connectivity index (χ1n) is 10.8. The summed E-state index contributed by atoms with van der Waals surface area (Å²) in [4.78, 5) is 36.4. The van der Waals surface area contributed by atoms with E-state index in [1.54, 1.807) is 18.2 Å². The second kappa shape index (κ2) is 10.9. The van der Waals surface area contributed by atoms with Gasteiger partial charge in [0.1, 0.15) is 0 Å². The Bertz CT molecular complexity index is 846. The van der Waals surface area contributed by atoms with Crippen molar-refractivity contribution in [2.75, 3.05) is 11.9 Å². The maximum atomic E-state index is 12.2. The monoisotopic (exact) mass is 446 g/mol. The summed E-state index contributed by atoms with van der Waals surface area (Å²) < 4.78 is 5.11. The van der Waals surface area contributed by atoms with Crippen LogP contribution in [0.3, 0.4) is 0 Å². The molecule has 0 bridgehead atoms. The predicted octanol–water partition coefficient (Wildman–Crippen LogP) is -2.61. The quantitative estimate of drug-likeness (QED) is 0.211. The van der Waals surface area contributed by atoms with Gasteiger partial charge in [0.2, 0.25) is 17.7 Å². The van der Waals surface area contributed by atoms with Crippen molar-refractivity contribution in [1.29, 1.82) is 0 Å². The van der Waals surface area contributed by atoms with Crippen LogP contribution in [-0.4, -0.2) is 60.6 Å². The molecule has 3 rings (SSSR count). The number of nitrogens with two attached hydrogens (primary N) is 3. The van der Waals surface area contributed by atoms with Gasteiger partial charge in [-0.3, -0.25) is 14.4 Å². The van der Waals surface area contributed by atoms with Crippen molar-refractivity contribution in [3.63, 3.8) is 0 Å². The summed E-state index contributed by atoms with van der Waals surface area (Å²) >= 11 is 0. The second-order valence-corrected chi connectivity index (χ2v) is 8.48. The van der Waals surface area contributed by atoms with Crippen molar-refractivity contribution in [2.45, 2.75) is 62.9 Å². The van der Waals surface area contributed by atoms with Crippen molar-refractivity contribution in [3.05, 3.63) is 23.8 Å². The molecule has 1 saturated carbocycles. The molecule has 0 radical (unpaired) electrons. The van der Waals surface area contributed by atoms with Crippen LogP contribution < -0.4 is 38.6 Å². The largest absolute Gasteiger partial charge is 0.491 e. The third-order valence-electron chi connectivity index (χ3n) is 5.68. The van der Waals surface area contributed by atoms with Gasteiger partial charge in [-0.15, -0.1) is 0 Å². The van der Waals surface area contributed by atoms with Gasteiger partial charge < -0.3 is 42.8 Å². The van der Waals surface area contributed by atoms with Gasteiger partial charge in [0, 0.05) is 30.2 Å². The molecule has 3 amide bonds. The van der Waals surface area contributed by atoms with Gasteiger partial charge >= 0.3 is 7.12 Å². The van der Waals surface area contributed by atoms with Crippen molar-refractivity contribution >= 4 is 36.0 Å². The minimum Gasteiger partial charge on any atom is -0.423 e. The number of hydrogen-bond donors (Lipinski definition) is 7. The normalized spacial score (nSPS) is 23.2. The van der Waals surface area contributed by atoms with Crippen molar-refractivity contribution in [1.82, 2.24) is 10.6 Å². The molecule has 174 valence electrons. The molecule has 2 aliphatic rings. The maximum Gasteiger partial charge on any atom is 0.491 e. The van der Waals surface area contributed by atoms with E-state index in [-0.39, 0.29) is 43.4 Å². The third kappa shape index (κ3) is 6.74.